The molecule has 146 valence electrons. The maximum atomic E-state index is 12.9. The predicted octanol–water partition coefficient (Wildman–Crippen LogP) is 3.52. The van der Waals surface area contributed by atoms with Crippen molar-refractivity contribution in [1.82, 2.24) is 19.6 Å². The summed E-state index contributed by atoms with van der Waals surface area (Å²) in [6.45, 7) is 5.23. The largest absolute Gasteiger partial charge is 0.497 e. The van der Waals surface area contributed by atoms with Gasteiger partial charge in [-0.1, -0.05) is 17.3 Å². The van der Waals surface area contributed by atoms with Crippen molar-refractivity contribution in [2.24, 2.45) is 0 Å². The van der Waals surface area contributed by atoms with Crippen molar-refractivity contribution in [3.05, 3.63) is 65.1 Å². The van der Waals surface area contributed by atoms with E-state index < -0.39 is 0 Å². The summed E-state index contributed by atoms with van der Waals surface area (Å²) >= 11 is 0. The smallest absolute Gasteiger partial charge is 0.276 e. The molecule has 1 atom stereocenters. The van der Waals surface area contributed by atoms with E-state index in [0.717, 1.165) is 35.7 Å². The number of benzene rings is 1. The van der Waals surface area contributed by atoms with Crippen molar-refractivity contribution in [1.29, 1.82) is 0 Å². The summed E-state index contributed by atoms with van der Waals surface area (Å²) in [6.07, 6.45) is 3.71. The highest BCUT2D eigenvalue weighted by atomic mass is 16.5. The van der Waals surface area contributed by atoms with E-state index in [1.165, 1.54) is 0 Å². The Bertz CT molecular complexity index is 974. The summed E-state index contributed by atoms with van der Waals surface area (Å²) in [5.74, 6) is 2.29. The van der Waals surface area contributed by atoms with Crippen molar-refractivity contribution in [3.63, 3.8) is 0 Å². The Balaban J connectivity index is 1.60. The molecule has 0 spiro atoms. The third-order valence-electron chi connectivity index (χ3n) is 5.24. The van der Waals surface area contributed by atoms with Crippen LogP contribution in [0.15, 0.2) is 41.1 Å². The van der Waals surface area contributed by atoms with E-state index in [9.17, 15) is 4.79 Å². The summed E-state index contributed by atoms with van der Waals surface area (Å²) < 4.78 is 12.5. The number of likely N-dealkylation sites (tertiary alicyclic amines) is 1. The van der Waals surface area contributed by atoms with Crippen LogP contribution in [0.1, 0.15) is 52.2 Å². The molecular formula is C21H24N4O3. The molecule has 0 saturated carbocycles. The lowest BCUT2D eigenvalue weighted by Gasteiger charge is -2.24. The first kappa shape index (κ1) is 18.3. The lowest BCUT2D eigenvalue weighted by Crippen LogP contribution is -2.32. The van der Waals surface area contributed by atoms with E-state index in [0.29, 0.717) is 24.5 Å². The normalized spacial score (nSPS) is 16.5. The minimum absolute atomic E-state index is 0.0588. The van der Waals surface area contributed by atoms with Gasteiger partial charge in [0.05, 0.1) is 13.2 Å². The Morgan fingerprint density at radius 1 is 1.29 bits per heavy atom. The summed E-state index contributed by atoms with van der Waals surface area (Å²) in [6, 6.07) is 9.65. The zero-order valence-electron chi connectivity index (χ0n) is 16.4. The van der Waals surface area contributed by atoms with Crippen LogP contribution in [0.25, 0.3) is 0 Å². The van der Waals surface area contributed by atoms with Crippen LogP contribution in [0.5, 0.6) is 5.75 Å². The number of hydrogen-bond acceptors (Lipinski definition) is 5. The first-order valence-electron chi connectivity index (χ1n) is 9.46. The fourth-order valence-electron chi connectivity index (χ4n) is 3.76. The van der Waals surface area contributed by atoms with Crippen molar-refractivity contribution in [3.8, 4) is 5.75 Å². The molecule has 0 N–H and O–H groups in total. The van der Waals surface area contributed by atoms with Crippen LogP contribution >= 0.6 is 0 Å². The quantitative estimate of drug-likeness (QED) is 0.677. The number of hydrogen-bond donors (Lipinski definition) is 0. The van der Waals surface area contributed by atoms with E-state index in [-0.39, 0.29) is 11.9 Å². The number of amides is 1. The van der Waals surface area contributed by atoms with Gasteiger partial charge in [0.15, 0.2) is 5.69 Å². The Kier molecular flexibility index (Phi) is 4.90. The molecule has 0 bridgehead atoms. The molecule has 28 heavy (non-hydrogen) atoms. The Hall–Kier alpha value is -3.09. The van der Waals surface area contributed by atoms with Gasteiger partial charge in [0, 0.05) is 31.0 Å². The zero-order chi connectivity index (χ0) is 19.7. The molecule has 1 unspecified atom stereocenters. The molecule has 3 heterocycles. The highest BCUT2D eigenvalue weighted by Crippen LogP contribution is 2.33. The van der Waals surface area contributed by atoms with Crippen LogP contribution in [0, 0.1) is 13.8 Å². The lowest BCUT2D eigenvalue weighted by molar-refractivity contribution is 0.0717. The first-order valence-corrected chi connectivity index (χ1v) is 9.46. The highest BCUT2D eigenvalue weighted by molar-refractivity contribution is 5.92. The first-order chi connectivity index (χ1) is 13.6. The maximum absolute atomic E-state index is 12.9. The number of carbonyl (C=O) groups excluding carboxylic acids is 1. The molecule has 1 fully saturated rings. The molecule has 2 aromatic heterocycles. The lowest BCUT2D eigenvalue weighted by atomic mass is 10.1. The monoisotopic (exact) mass is 380 g/mol. The van der Waals surface area contributed by atoms with E-state index in [1.807, 2.05) is 30.2 Å². The molecule has 1 aliphatic heterocycles. The number of methoxy groups -OCH3 is 1. The minimum Gasteiger partial charge on any atom is -0.497 e. The zero-order valence-corrected chi connectivity index (χ0v) is 16.4. The fourth-order valence-corrected chi connectivity index (χ4v) is 3.76. The maximum Gasteiger partial charge on any atom is 0.276 e. The second kappa shape index (κ2) is 7.50. The van der Waals surface area contributed by atoms with Gasteiger partial charge in [-0.3, -0.25) is 4.79 Å². The summed E-state index contributed by atoms with van der Waals surface area (Å²) in [5.41, 5.74) is 2.59. The molecule has 3 aromatic rings. The van der Waals surface area contributed by atoms with Gasteiger partial charge in [0.25, 0.3) is 5.91 Å². The molecule has 1 aromatic carbocycles. The number of carbonyl (C=O) groups is 1. The standard InChI is InChI=1S/C21H24N4O3/c1-14-12-22-20(25(14)13-16-6-8-17(27-3)9-7-16)19-5-4-10-24(19)21(26)18-11-15(2)28-23-18/h6-9,11-12,19H,4-5,10,13H2,1-3H3. The average molecular weight is 380 g/mol. The topological polar surface area (TPSA) is 73.4 Å². The molecule has 7 nitrogen and oxygen atoms in total. The van der Waals surface area contributed by atoms with Crippen LogP contribution in [0.4, 0.5) is 0 Å². The molecular weight excluding hydrogens is 356 g/mol. The fraction of sp³-hybridized carbons (Fsp3) is 0.381. The number of ether oxygens (including phenoxy) is 1. The molecule has 1 aliphatic rings. The van der Waals surface area contributed by atoms with Gasteiger partial charge < -0.3 is 18.7 Å². The van der Waals surface area contributed by atoms with Crippen LogP contribution in [-0.4, -0.2) is 39.2 Å². The second-order valence-electron chi connectivity index (χ2n) is 7.17. The Morgan fingerprint density at radius 2 is 2.07 bits per heavy atom. The van der Waals surface area contributed by atoms with Crippen LogP contribution in [-0.2, 0) is 6.54 Å². The molecule has 0 radical (unpaired) electrons. The van der Waals surface area contributed by atoms with Gasteiger partial charge in [-0.05, 0) is 44.4 Å². The van der Waals surface area contributed by atoms with Crippen molar-refractivity contribution >= 4 is 5.91 Å². The van der Waals surface area contributed by atoms with Gasteiger partial charge in [0.1, 0.15) is 17.3 Å². The third-order valence-corrected chi connectivity index (χ3v) is 5.24. The number of nitrogens with zero attached hydrogens (tertiary/aromatic N) is 4. The second-order valence-corrected chi connectivity index (χ2v) is 7.17. The average Bonchev–Trinajstić information content (AvgIpc) is 3.43. The SMILES string of the molecule is COc1ccc(Cn2c(C)cnc2C2CCCN2C(=O)c2cc(C)on2)cc1. The number of aryl methyl sites for hydroxylation is 2. The van der Waals surface area contributed by atoms with Gasteiger partial charge >= 0.3 is 0 Å². The molecule has 7 heteroatoms. The van der Waals surface area contributed by atoms with Crippen molar-refractivity contribution < 1.29 is 14.1 Å². The highest BCUT2D eigenvalue weighted by Gasteiger charge is 2.35. The summed E-state index contributed by atoms with van der Waals surface area (Å²) in [4.78, 5) is 19.5. The van der Waals surface area contributed by atoms with Gasteiger partial charge in [-0.2, -0.15) is 0 Å². The third kappa shape index (κ3) is 3.40. The predicted molar refractivity (Wildman–Crippen MR) is 103 cm³/mol. The summed E-state index contributed by atoms with van der Waals surface area (Å²) in [5, 5.41) is 3.89. The van der Waals surface area contributed by atoms with E-state index >= 15 is 0 Å². The van der Waals surface area contributed by atoms with E-state index in [1.54, 1.807) is 20.1 Å². The minimum atomic E-state index is -0.101. The van der Waals surface area contributed by atoms with Gasteiger partial charge in [-0.25, -0.2) is 4.98 Å². The molecule has 1 saturated heterocycles. The van der Waals surface area contributed by atoms with Gasteiger partial charge in [-0.15, -0.1) is 0 Å². The van der Waals surface area contributed by atoms with E-state index in [2.05, 4.69) is 26.8 Å². The van der Waals surface area contributed by atoms with E-state index in [4.69, 9.17) is 9.26 Å². The Morgan fingerprint density at radius 3 is 2.75 bits per heavy atom. The van der Waals surface area contributed by atoms with Crippen molar-refractivity contribution in [2.45, 2.75) is 39.3 Å². The van der Waals surface area contributed by atoms with Crippen LogP contribution in [0.2, 0.25) is 0 Å². The summed E-state index contributed by atoms with van der Waals surface area (Å²) in [7, 11) is 1.66. The molecule has 0 aliphatic carbocycles. The number of imidazole rings is 1. The van der Waals surface area contributed by atoms with Crippen molar-refractivity contribution in [2.75, 3.05) is 13.7 Å². The number of rotatable bonds is 5. The number of aromatic nitrogens is 3. The molecule has 4 rings (SSSR count). The van der Waals surface area contributed by atoms with Crippen LogP contribution in [0.3, 0.4) is 0 Å². The molecule has 1 amide bonds. The van der Waals surface area contributed by atoms with Gasteiger partial charge in [0.2, 0.25) is 0 Å². The Labute approximate surface area is 163 Å². The van der Waals surface area contributed by atoms with Crippen LogP contribution < -0.4 is 4.74 Å².